The fraction of sp³-hybridized carbons (Fsp3) is 0.935. The van der Waals surface area contributed by atoms with Gasteiger partial charge in [-0.05, 0) is 134 Å². The zero-order valence-corrected chi connectivity index (χ0v) is 27.1. The van der Waals surface area contributed by atoms with E-state index in [0.717, 1.165) is 51.4 Å². The Bertz CT molecular complexity index is 806. The second-order valence-corrected chi connectivity index (χ2v) is 16.3. The van der Waals surface area contributed by atoms with Crippen molar-refractivity contribution in [2.24, 2.45) is 0 Å². The van der Waals surface area contributed by atoms with Gasteiger partial charge in [-0.15, -0.1) is 10.1 Å². The standard InChI is InChI=1S/C31H58N4O4/c1-26(2)19-23(20-27(3,4)32-26)33(21-24(36)38-34-28(5,6)15-13-16-29(34,7)8)22-25(37)39-35-30(9,10)17-14-18-31(35,11)12/h23,32H,13-22H2,1-12H3. The van der Waals surface area contributed by atoms with E-state index in [1.807, 2.05) is 15.0 Å². The van der Waals surface area contributed by atoms with Gasteiger partial charge in [0.25, 0.3) is 0 Å². The smallest absolute Gasteiger partial charge is 0.339 e. The Hall–Kier alpha value is -1.22. The van der Waals surface area contributed by atoms with Crippen LogP contribution in [-0.4, -0.2) is 79.3 Å². The van der Waals surface area contributed by atoms with Crippen LogP contribution in [0.1, 0.15) is 134 Å². The Balaban J connectivity index is 1.82. The number of piperidine rings is 3. The number of carbonyl (C=O) groups excluding carboxylic acids is 2. The topological polar surface area (TPSA) is 74.3 Å². The molecule has 0 aliphatic carbocycles. The first-order valence-electron chi connectivity index (χ1n) is 15.1. The minimum atomic E-state index is -0.321. The number of hydroxylamine groups is 4. The zero-order chi connectivity index (χ0) is 29.7. The largest absolute Gasteiger partial charge is 0.366 e. The van der Waals surface area contributed by atoms with Crippen molar-refractivity contribution in [3.05, 3.63) is 0 Å². The van der Waals surface area contributed by atoms with Gasteiger partial charge in [-0.2, -0.15) is 0 Å². The van der Waals surface area contributed by atoms with Crippen molar-refractivity contribution >= 4 is 11.9 Å². The monoisotopic (exact) mass is 550 g/mol. The fourth-order valence-electron chi connectivity index (χ4n) is 7.88. The molecule has 0 aromatic carbocycles. The van der Waals surface area contributed by atoms with Crippen LogP contribution in [0.5, 0.6) is 0 Å². The van der Waals surface area contributed by atoms with Gasteiger partial charge in [0, 0.05) is 17.1 Å². The number of nitrogens with zero attached hydrogens (tertiary/aromatic N) is 3. The molecule has 0 bridgehead atoms. The first-order valence-corrected chi connectivity index (χ1v) is 15.1. The maximum atomic E-state index is 13.6. The van der Waals surface area contributed by atoms with Gasteiger partial charge in [0.1, 0.15) is 0 Å². The average Bonchev–Trinajstić information content (AvgIpc) is 2.70. The van der Waals surface area contributed by atoms with Crippen molar-refractivity contribution in [1.29, 1.82) is 0 Å². The van der Waals surface area contributed by atoms with E-state index >= 15 is 0 Å². The molecule has 8 heteroatoms. The first-order chi connectivity index (χ1) is 17.6. The van der Waals surface area contributed by atoms with Crippen LogP contribution in [0, 0.1) is 0 Å². The lowest BCUT2D eigenvalue weighted by atomic mass is 9.79. The Morgan fingerprint density at radius 3 is 1.26 bits per heavy atom. The molecular weight excluding hydrogens is 492 g/mol. The van der Waals surface area contributed by atoms with Crippen LogP contribution < -0.4 is 5.32 Å². The highest BCUT2D eigenvalue weighted by molar-refractivity contribution is 5.75. The number of hydrogen-bond acceptors (Lipinski definition) is 8. The third kappa shape index (κ3) is 7.96. The van der Waals surface area contributed by atoms with Crippen LogP contribution in [-0.2, 0) is 19.3 Å². The van der Waals surface area contributed by atoms with Crippen molar-refractivity contribution in [1.82, 2.24) is 20.3 Å². The average molecular weight is 551 g/mol. The van der Waals surface area contributed by atoms with Crippen LogP contribution >= 0.6 is 0 Å². The summed E-state index contributed by atoms with van der Waals surface area (Å²) in [4.78, 5) is 41.4. The highest BCUT2D eigenvalue weighted by Crippen LogP contribution is 2.40. The normalized spacial score (nSPS) is 28.1. The van der Waals surface area contributed by atoms with Gasteiger partial charge in [0.15, 0.2) is 0 Å². The molecule has 0 atom stereocenters. The van der Waals surface area contributed by atoms with Crippen molar-refractivity contribution < 1.29 is 19.3 Å². The van der Waals surface area contributed by atoms with Crippen LogP contribution in [0.25, 0.3) is 0 Å². The summed E-state index contributed by atoms with van der Waals surface area (Å²) in [6.45, 7) is 25.9. The molecule has 226 valence electrons. The van der Waals surface area contributed by atoms with Gasteiger partial charge in [0.05, 0.1) is 35.2 Å². The minimum absolute atomic E-state index is 0.0288. The van der Waals surface area contributed by atoms with Gasteiger partial charge in [-0.1, -0.05) is 0 Å². The Labute approximate surface area is 238 Å². The van der Waals surface area contributed by atoms with Crippen molar-refractivity contribution in [2.75, 3.05) is 13.1 Å². The first kappa shape index (κ1) is 32.3. The molecule has 3 fully saturated rings. The van der Waals surface area contributed by atoms with E-state index in [1.54, 1.807) is 0 Å². The molecule has 0 saturated carbocycles. The lowest BCUT2D eigenvalue weighted by Gasteiger charge is -2.51. The molecule has 8 nitrogen and oxygen atoms in total. The van der Waals surface area contributed by atoms with E-state index in [-0.39, 0.29) is 64.3 Å². The zero-order valence-electron chi connectivity index (χ0n) is 27.1. The highest BCUT2D eigenvalue weighted by atomic mass is 16.7. The summed E-state index contributed by atoms with van der Waals surface area (Å²) >= 11 is 0. The molecule has 0 unspecified atom stereocenters. The summed E-state index contributed by atoms with van der Waals surface area (Å²) in [5, 5.41) is 7.52. The summed E-state index contributed by atoms with van der Waals surface area (Å²) < 4.78 is 0. The molecule has 0 radical (unpaired) electrons. The van der Waals surface area contributed by atoms with Gasteiger partial charge >= 0.3 is 11.9 Å². The molecule has 3 saturated heterocycles. The predicted molar refractivity (Wildman–Crippen MR) is 156 cm³/mol. The van der Waals surface area contributed by atoms with Gasteiger partial charge < -0.3 is 15.0 Å². The second kappa shape index (κ2) is 10.9. The summed E-state index contributed by atoms with van der Waals surface area (Å²) in [6.07, 6.45) is 7.73. The van der Waals surface area contributed by atoms with Crippen molar-refractivity contribution in [2.45, 2.75) is 174 Å². The summed E-state index contributed by atoms with van der Waals surface area (Å²) in [5.74, 6) is -0.641. The molecule has 1 N–H and O–H groups in total. The second-order valence-electron chi connectivity index (χ2n) is 16.3. The Morgan fingerprint density at radius 1 is 0.641 bits per heavy atom. The Kier molecular flexibility index (Phi) is 9.01. The van der Waals surface area contributed by atoms with Crippen molar-refractivity contribution in [3.8, 4) is 0 Å². The molecule has 0 amide bonds. The molecule has 39 heavy (non-hydrogen) atoms. The quantitative estimate of drug-likeness (QED) is 0.439. The predicted octanol–water partition coefficient (Wildman–Crippen LogP) is 5.60. The maximum Gasteiger partial charge on any atom is 0.339 e. The molecule has 3 heterocycles. The highest BCUT2D eigenvalue weighted by Gasteiger charge is 2.47. The molecule has 3 rings (SSSR count). The molecule has 0 aromatic rings. The van der Waals surface area contributed by atoms with E-state index in [9.17, 15) is 9.59 Å². The van der Waals surface area contributed by atoms with Gasteiger partial charge in [-0.25, -0.2) is 9.59 Å². The van der Waals surface area contributed by atoms with E-state index in [1.165, 1.54) is 0 Å². The Morgan fingerprint density at radius 2 is 0.949 bits per heavy atom. The van der Waals surface area contributed by atoms with E-state index in [0.29, 0.717) is 0 Å². The lowest BCUT2D eigenvalue weighted by Crippen LogP contribution is -2.64. The molecular formula is C31H58N4O4. The van der Waals surface area contributed by atoms with Crippen LogP contribution in [0.3, 0.4) is 0 Å². The minimum Gasteiger partial charge on any atom is -0.366 e. The number of rotatable bonds is 7. The van der Waals surface area contributed by atoms with Crippen LogP contribution in [0.15, 0.2) is 0 Å². The number of carbonyl (C=O) groups is 2. The third-order valence-corrected chi connectivity index (χ3v) is 9.09. The molecule has 0 aromatic heterocycles. The number of nitrogens with one attached hydrogen (secondary N) is 1. The summed E-state index contributed by atoms with van der Waals surface area (Å²) in [7, 11) is 0. The van der Waals surface area contributed by atoms with Gasteiger partial charge in [-0.3, -0.25) is 4.90 Å². The molecule has 3 aliphatic heterocycles. The van der Waals surface area contributed by atoms with Crippen LogP contribution in [0.2, 0.25) is 0 Å². The third-order valence-electron chi connectivity index (χ3n) is 9.09. The van der Waals surface area contributed by atoms with E-state index in [2.05, 4.69) is 88.4 Å². The van der Waals surface area contributed by atoms with Crippen LogP contribution in [0.4, 0.5) is 0 Å². The van der Waals surface area contributed by atoms with E-state index in [4.69, 9.17) is 9.68 Å². The van der Waals surface area contributed by atoms with Gasteiger partial charge in [0.2, 0.25) is 0 Å². The summed E-state index contributed by atoms with van der Waals surface area (Å²) in [6, 6.07) is 0.0288. The molecule has 3 aliphatic rings. The lowest BCUT2D eigenvalue weighted by molar-refractivity contribution is -0.269. The SMILES string of the molecule is CC1(C)CC(N(CC(=O)ON2C(C)(C)CCCC2(C)C)CC(=O)ON2C(C)(C)CCCC2(C)C)CC(C)(C)N1. The number of hydrogen-bond donors (Lipinski definition) is 1. The fourth-order valence-corrected chi connectivity index (χ4v) is 7.88. The van der Waals surface area contributed by atoms with Crippen molar-refractivity contribution in [3.63, 3.8) is 0 Å². The summed E-state index contributed by atoms with van der Waals surface area (Å²) in [5.41, 5.74) is -1.24. The molecule has 0 spiro atoms. The van der Waals surface area contributed by atoms with E-state index < -0.39 is 0 Å². The maximum absolute atomic E-state index is 13.6.